The monoisotopic (exact) mass is 512 g/mol. The Morgan fingerprint density at radius 3 is 2.05 bits per heavy atom. The van der Waals surface area contributed by atoms with Crippen LogP contribution in [0.1, 0.15) is 16.7 Å². The summed E-state index contributed by atoms with van der Waals surface area (Å²) in [5.74, 6) is -0.127. The first-order chi connectivity index (χ1) is 18.5. The molecule has 1 saturated heterocycles. The van der Waals surface area contributed by atoms with E-state index in [1.807, 2.05) is 95.9 Å². The maximum Gasteiger partial charge on any atom is 0.408 e. The molecule has 0 aliphatic carbocycles. The molecule has 0 unspecified atom stereocenters. The largest absolute Gasteiger partial charge is 0.480 e. The van der Waals surface area contributed by atoms with Gasteiger partial charge in [-0.25, -0.2) is 4.79 Å². The number of alkyl carbamates (subject to hydrolysis) is 1. The molecular formula is C30H32N4O4. The molecular weight excluding hydrogens is 480 g/mol. The van der Waals surface area contributed by atoms with Crippen molar-refractivity contribution in [3.8, 4) is 0 Å². The van der Waals surface area contributed by atoms with Crippen LogP contribution in [0.15, 0.2) is 96.0 Å². The number of likely N-dealkylation sites (tertiary alicyclic amines) is 1. The number of amides is 1. The van der Waals surface area contributed by atoms with E-state index in [9.17, 15) is 14.7 Å². The number of hydrogen-bond donors (Lipinski definition) is 3. The molecule has 0 bridgehead atoms. The van der Waals surface area contributed by atoms with Crippen molar-refractivity contribution in [2.45, 2.75) is 43.6 Å². The van der Waals surface area contributed by atoms with E-state index in [2.05, 4.69) is 10.6 Å². The van der Waals surface area contributed by atoms with Gasteiger partial charge in [-0.15, -0.1) is 0 Å². The maximum atomic E-state index is 12.7. The molecule has 2 aliphatic rings. The molecule has 1 amide bonds. The molecule has 2 heterocycles. The van der Waals surface area contributed by atoms with Crippen LogP contribution in [0.2, 0.25) is 0 Å². The van der Waals surface area contributed by atoms with Crippen molar-refractivity contribution in [2.24, 2.45) is 4.99 Å². The van der Waals surface area contributed by atoms with Gasteiger partial charge in [-0.05, 0) is 29.5 Å². The number of nitrogens with one attached hydrogen (secondary N) is 2. The standard InChI is InChI=1S/C30H32N4O4/c35-29(36)27(17-22-12-6-2-7-13-22)34-18-25-26(19-34)32-28(31-25)24(16-21-10-4-1-5-11-21)33-30(37)38-20-23-14-8-3-9-15-23/h1-15,24-27H,16-20H2,(H,31,32)(H,33,37)(H,35,36)/t24-,25-,26+,27-/m0/s1. The van der Waals surface area contributed by atoms with Gasteiger partial charge in [-0.2, -0.15) is 0 Å². The lowest BCUT2D eigenvalue weighted by atomic mass is 10.0. The molecule has 0 saturated carbocycles. The average molecular weight is 513 g/mol. The zero-order valence-electron chi connectivity index (χ0n) is 21.1. The zero-order valence-corrected chi connectivity index (χ0v) is 21.1. The molecule has 0 radical (unpaired) electrons. The average Bonchev–Trinajstić information content (AvgIpc) is 3.51. The summed E-state index contributed by atoms with van der Waals surface area (Å²) in [6, 6.07) is 28.1. The van der Waals surface area contributed by atoms with Gasteiger partial charge in [-0.1, -0.05) is 91.0 Å². The molecule has 8 heteroatoms. The first-order valence-electron chi connectivity index (χ1n) is 12.9. The number of carboxylic acids is 1. The lowest BCUT2D eigenvalue weighted by molar-refractivity contribution is -0.142. The van der Waals surface area contributed by atoms with E-state index >= 15 is 0 Å². The Kier molecular flexibility index (Phi) is 7.99. The fourth-order valence-electron chi connectivity index (χ4n) is 5.12. The lowest BCUT2D eigenvalue weighted by Crippen LogP contribution is -2.50. The predicted octanol–water partition coefficient (Wildman–Crippen LogP) is 3.27. The SMILES string of the molecule is O=C(N[C@@H](Cc1ccccc1)C1=N[C@H]2CN([C@@H](Cc3ccccc3)C(=O)O)C[C@H]2N1)OCc1ccccc1. The number of carboxylic acid groups (broad SMARTS) is 1. The summed E-state index contributed by atoms with van der Waals surface area (Å²) in [6.45, 7) is 1.29. The number of aliphatic carboxylic acids is 1. The van der Waals surface area contributed by atoms with Crippen molar-refractivity contribution in [3.63, 3.8) is 0 Å². The van der Waals surface area contributed by atoms with E-state index in [0.717, 1.165) is 16.7 Å². The Balaban J connectivity index is 1.25. The third-order valence-electron chi connectivity index (χ3n) is 7.07. The second-order valence-electron chi connectivity index (χ2n) is 9.78. The summed E-state index contributed by atoms with van der Waals surface area (Å²) in [6.07, 6.45) is 0.492. The minimum atomic E-state index is -0.831. The summed E-state index contributed by atoms with van der Waals surface area (Å²) in [5, 5.41) is 16.4. The van der Waals surface area contributed by atoms with Gasteiger partial charge in [-0.3, -0.25) is 14.7 Å². The van der Waals surface area contributed by atoms with Crippen LogP contribution >= 0.6 is 0 Å². The van der Waals surface area contributed by atoms with Crippen molar-refractivity contribution in [1.82, 2.24) is 15.5 Å². The van der Waals surface area contributed by atoms with Gasteiger partial charge >= 0.3 is 12.1 Å². The topological polar surface area (TPSA) is 103 Å². The molecule has 0 spiro atoms. The number of ether oxygens (including phenoxy) is 1. The third kappa shape index (κ3) is 6.39. The van der Waals surface area contributed by atoms with Gasteiger partial charge in [0.25, 0.3) is 0 Å². The molecule has 1 fully saturated rings. The van der Waals surface area contributed by atoms with Gasteiger partial charge in [0, 0.05) is 13.1 Å². The summed E-state index contributed by atoms with van der Waals surface area (Å²) in [5.41, 5.74) is 2.98. The van der Waals surface area contributed by atoms with E-state index in [4.69, 9.17) is 9.73 Å². The van der Waals surface area contributed by atoms with Crippen molar-refractivity contribution in [3.05, 3.63) is 108 Å². The quantitative estimate of drug-likeness (QED) is 0.385. The Morgan fingerprint density at radius 1 is 0.895 bits per heavy atom. The number of rotatable bonds is 10. The minimum absolute atomic E-state index is 0.0111. The number of carbonyl (C=O) groups excluding carboxylic acids is 1. The second kappa shape index (κ2) is 11.9. The number of aliphatic imine (C=N–C) groups is 1. The van der Waals surface area contributed by atoms with Gasteiger partial charge in [0.2, 0.25) is 0 Å². The summed E-state index contributed by atoms with van der Waals surface area (Å²) < 4.78 is 5.47. The van der Waals surface area contributed by atoms with Crippen LogP contribution in [0.3, 0.4) is 0 Å². The molecule has 5 rings (SSSR count). The third-order valence-corrected chi connectivity index (χ3v) is 7.07. The van der Waals surface area contributed by atoms with Gasteiger partial charge in [0.05, 0.1) is 18.1 Å². The number of carbonyl (C=O) groups is 2. The molecule has 38 heavy (non-hydrogen) atoms. The number of benzene rings is 3. The highest BCUT2D eigenvalue weighted by Gasteiger charge is 2.43. The molecule has 196 valence electrons. The highest BCUT2D eigenvalue weighted by atomic mass is 16.5. The first-order valence-corrected chi connectivity index (χ1v) is 12.9. The molecule has 3 aromatic rings. The molecule has 3 N–H and O–H groups in total. The second-order valence-corrected chi connectivity index (χ2v) is 9.78. The van der Waals surface area contributed by atoms with Crippen LogP contribution in [-0.2, 0) is 29.0 Å². The van der Waals surface area contributed by atoms with Crippen LogP contribution in [0, 0.1) is 0 Å². The number of nitrogens with zero attached hydrogens (tertiary/aromatic N) is 2. The lowest BCUT2D eigenvalue weighted by Gasteiger charge is -2.26. The van der Waals surface area contributed by atoms with E-state index < -0.39 is 18.1 Å². The summed E-state index contributed by atoms with van der Waals surface area (Å²) in [4.78, 5) is 31.7. The van der Waals surface area contributed by atoms with E-state index in [1.54, 1.807) is 0 Å². The molecule has 0 aromatic heterocycles. The molecule has 4 atom stereocenters. The predicted molar refractivity (Wildman–Crippen MR) is 145 cm³/mol. The van der Waals surface area contributed by atoms with Crippen LogP contribution in [0.5, 0.6) is 0 Å². The van der Waals surface area contributed by atoms with Crippen molar-refractivity contribution >= 4 is 17.9 Å². The normalized spacial score (nSPS) is 20.1. The Morgan fingerprint density at radius 2 is 1.47 bits per heavy atom. The summed E-state index contributed by atoms with van der Waals surface area (Å²) in [7, 11) is 0. The highest BCUT2D eigenvalue weighted by Crippen LogP contribution is 2.24. The maximum absolute atomic E-state index is 12.7. The van der Waals surface area contributed by atoms with Crippen molar-refractivity contribution in [2.75, 3.05) is 13.1 Å². The Bertz CT molecular complexity index is 1250. The summed E-state index contributed by atoms with van der Waals surface area (Å²) >= 11 is 0. The van der Waals surface area contributed by atoms with Crippen LogP contribution < -0.4 is 10.6 Å². The van der Waals surface area contributed by atoms with E-state index in [-0.39, 0.29) is 24.7 Å². The number of fused-ring (bicyclic) bond motifs is 1. The fraction of sp³-hybridized carbons (Fsp3) is 0.300. The Labute approximate surface area is 222 Å². The van der Waals surface area contributed by atoms with Gasteiger partial charge < -0.3 is 20.5 Å². The highest BCUT2D eigenvalue weighted by molar-refractivity contribution is 5.92. The van der Waals surface area contributed by atoms with E-state index in [0.29, 0.717) is 31.8 Å². The smallest absolute Gasteiger partial charge is 0.408 e. The minimum Gasteiger partial charge on any atom is -0.480 e. The molecule has 8 nitrogen and oxygen atoms in total. The fourth-order valence-corrected chi connectivity index (χ4v) is 5.12. The van der Waals surface area contributed by atoms with Gasteiger partial charge in [0.15, 0.2) is 0 Å². The molecule has 3 aromatic carbocycles. The number of hydrogen-bond acceptors (Lipinski definition) is 6. The van der Waals surface area contributed by atoms with Crippen molar-refractivity contribution < 1.29 is 19.4 Å². The van der Waals surface area contributed by atoms with E-state index in [1.165, 1.54) is 0 Å². The first kappa shape index (κ1) is 25.5. The van der Waals surface area contributed by atoms with Crippen molar-refractivity contribution in [1.29, 1.82) is 0 Å². The van der Waals surface area contributed by atoms with Crippen LogP contribution in [-0.4, -0.2) is 65.2 Å². The number of amidine groups is 1. The van der Waals surface area contributed by atoms with Crippen LogP contribution in [0.4, 0.5) is 4.79 Å². The van der Waals surface area contributed by atoms with Crippen LogP contribution in [0.25, 0.3) is 0 Å². The Hall–Kier alpha value is -4.17. The molecule has 2 aliphatic heterocycles. The zero-order chi connectivity index (χ0) is 26.3. The van der Waals surface area contributed by atoms with Gasteiger partial charge in [0.1, 0.15) is 18.5 Å².